The molecule has 0 fully saturated rings. The van der Waals surface area contributed by atoms with Crippen LogP contribution >= 0.6 is 11.6 Å². The number of anilines is 1. The predicted molar refractivity (Wildman–Crippen MR) is 105 cm³/mol. The third-order valence-electron chi connectivity index (χ3n) is 4.01. The summed E-state index contributed by atoms with van der Waals surface area (Å²) in [7, 11) is 2.95. The number of hydrogen-bond acceptors (Lipinski definition) is 4. The molecule has 2 aromatic rings. The number of hydrogen-bond donors (Lipinski definition) is 1. The van der Waals surface area contributed by atoms with Crippen LogP contribution in [0.15, 0.2) is 42.5 Å². The second-order valence-corrected chi connectivity index (χ2v) is 6.21. The van der Waals surface area contributed by atoms with Crippen LogP contribution in [-0.4, -0.2) is 37.5 Å². The molecular weight excluding hydrogens is 368 g/mol. The van der Waals surface area contributed by atoms with Gasteiger partial charge in [0.1, 0.15) is 17.9 Å². The Morgan fingerprint density at radius 2 is 1.74 bits per heavy atom. The van der Waals surface area contributed by atoms with Crippen LogP contribution in [-0.2, 0) is 16.1 Å². The number of amides is 2. The SMILES string of the molecule is CCN(Cc1ccccc1)C(=O)CC(=O)Nc1cc(OC)c(Cl)cc1OC. The van der Waals surface area contributed by atoms with Crippen molar-refractivity contribution in [3.63, 3.8) is 0 Å². The topological polar surface area (TPSA) is 67.9 Å². The Morgan fingerprint density at radius 1 is 1.07 bits per heavy atom. The van der Waals surface area contributed by atoms with Crippen molar-refractivity contribution in [2.75, 3.05) is 26.1 Å². The van der Waals surface area contributed by atoms with Crippen molar-refractivity contribution in [3.05, 3.63) is 53.1 Å². The van der Waals surface area contributed by atoms with Gasteiger partial charge >= 0.3 is 0 Å². The molecule has 0 aliphatic heterocycles. The highest BCUT2D eigenvalue weighted by molar-refractivity contribution is 6.32. The van der Waals surface area contributed by atoms with Gasteiger partial charge in [-0.2, -0.15) is 0 Å². The first-order valence-corrected chi connectivity index (χ1v) is 8.89. The number of carbonyl (C=O) groups excluding carboxylic acids is 2. The maximum atomic E-state index is 12.5. The number of nitrogens with one attached hydrogen (secondary N) is 1. The summed E-state index contributed by atoms with van der Waals surface area (Å²) in [5.41, 5.74) is 1.40. The number of halogens is 1. The first kappa shape index (κ1) is 20.6. The molecule has 0 bridgehead atoms. The molecule has 6 nitrogen and oxygen atoms in total. The Hall–Kier alpha value is -2.73. The molecule has 0 atom stereocenters. The molecule has 144 valence electrons. The minimum atomic E-state index is -0.436. The molecule has 0 spiro atoms. The number of rotatable bonds is 8. The second-order valence-electron chi connectivity index (χ2n) is 5.81. The van der Waals surface area contributed by atoms with Gasteiger partial charge in [-0.3, -0.25) is 9.59 Å². The van der Waals surface area contributed by atoms with Gasteiger partial charge in [0.25, 0.3) is 0 Å². The minimum Gasteiger partial charge on any atom is -0.495 e. The number of carbonyl (C=O) groups is 2. The fourth-order valence-corrected chi connectivity index (χ4v) is 2.81. The Balaban J connectivity index is 2.04. The van der Waals surface area contributed by atoms with Gasteiger partial charge in [-0.25, -0.2) is 0 Å². The van der Waals surface area contributed by atoms with E-state index in [1.165, 1.54) is 14.2 Å². The van der Waals surface area contributed by atoms with Gasteiger partial charge in [0.05, 0.1) is 24.9 Å². The van der Waals surface area contributed by atoms with Crippen molar-refractivity contribution in [1.82, 2.24) is 4.90 Å². The quantitative estimate of drug-likeness (QED) is 0.697. The van der Waals surface area contributed by atoms with Crippen molar-refractivity contribution < 1.29 is 19.1 Å². The lowest BCUT2D eigenvalue weighted by molar-refractivity contribution is -0.134. The zero-order valence-electron chi connectivity index (χ0n) is 15.6. The summed E-state index contributed by atoms with van der Waals surface area (Å²) in [6.07, 6.45) is -0.269. The van der Waals surface area contributed by atoms with E-state index >= 15 is 0 Å². The Bertz CT molecular complexity index is 796. The molecule has 2 aromatic carbocycles. The molecule has 2 amide bonds. The van der Waals surface area contributed by atoms with Crippen molar-refractivity contribution in [1.29, 1.82) is 0 Å². The number of nitrogens with zero attached hydrogens (tertiary/aromatic N) is 1. The minimum absolute atomic E-state index is 0.251. The third kappa shape index (κ3) is 5.62. The molecule has 0 heterocycles. The first-order chi connectivity index (χ1) is 13.0. The molecule has 27 heavy (non-hydrogen) atoms. The summed E-state index contributed by atoms with van der Waals surface area (Å²) < 4.78 is 10.4. The zero-order chi connectivity index (χ0) is 19.8. The lowest BCUT2D eigenvalue weighted by Gasteiger charge is -2.21. The van der Waals surface area contributed by atoms with Gasteiger partial charge in [0.2, 0.25) is 11.8 Å². The number of ether oxygens (including phenoxy) is 2. The smallest absolute Gasteiger partial charge is 0.233 e. The average Bonchev–Trinajstić information content (AvgIpc) is 2.67. The Kier molecular flexibility index (Phi) is 7.49. The summed E-state index contributed by atoms with van der Waals surface area (Å²) in [6.45, 7) is 2.85. The molecule has 2 rings (SSSR count). The summed E-state index contributed by atoms with van der Waals surface area (Å²) in [4.78, 5) is 26.5. The van der Waals surface area contributed by atoms with E-state index in [1.54, 1.807) is 17.0 Å². The van der Waals surface area contributed by atoms with Crippen LogP contribution in [0.3, 0.4) is 0 Å². The molecule has 0 aliphatic rings. The van der Waals surface area contributed by atoms with E-state index in [1.807, 2.05) is 37.3 Å². The Morgan fingerprint density at radius 3 is 2.33 bits per heavy atom. The molecule has 1 N–H and O–H groups in total. The van der Waals surface area contributed by atoms with Gasteiger partial charge in [0.15, 0.2) is 0 Å². The standard InChI is InChI=1S/C20H23ClN2O4/c1-4-23(13-14-8-6-5-7-9-14)20(25)12-19(24)22-16-11-17(26-2)15(21)10-18(16)27-3/h5-11H,4,12-13H2,1-3H3,(H,22,24). The fraction of sp³-hybridized carbons (Fsp3) is 0.300. The first-order valence-electron chi connectivity index (χ1n) is 8.51. The van der Waals surface area contributed by atoms with E-state index in [4.69, 9.17) is 21.1 Å². The molecule has 0 saturated heterocycles. The molecule has 0 saturated carbocycles. The van der Waals surface area contributed by atoms with Gasteiger partial charge in [0, 0.05) is 25.2 Å². The normalized spacial score (nSPS) is 10.2. The van der Waals surface area contributed by atoms with Crippen LogP contribution in [0, 0.1) is 0 Å². The van der Waals surface area contributed by atoms with Crippen LogP contribution in [0.1, 0.15) is 18.9 Å². The number of benzene rings is 2. The average molecular weight is 391 g/mol. The lowest BCUT2D eigenvalue weighted by atomic mass is 10.2. The van der Waals surface area contributed by atoms with E-state index in [-0.39, 0.29) is 12.3 Å². The van der Waals surface area contributed by atoms with Gasteiger partial charge in [-0.1, -0.05) is 41.9 Å². The highest BCUT2D eigenvalue weighted by Crippen LogP contribution is 2.35. The molecule has 0 aromatic heterocycles. The van der Waals surface area contributed by atoms with E-state index < -0.39 is 5.91 Å². The maximum Gasteiger partial charge on any atom is 0.233 e. The summed E-state index contributed by atoms with van der Waals surface area (Å²) in [5, 5.41) is 3.05. The highest BCUT2D eigenvalue weighted by Gasteiger charge is 2.18. The second kappa shape index (κ2) is 9.83. The van der Waals surface area contributed by atoms with E-state index in [0.717, 1.165) is 5.56 Å². The van der Waals surface area contributed by atoms with Crippen LogP contribution in [0.4, 0.5) is 5.69 Å². The molecular formula is C20H23ClN2O4. The number of methoxy groups -OCH3 is 2. The predicted octanol–water partition coefficient (Wildman–Crippen LogP) is 3.73. The van der Waals surface area contributed by atoms with Gasteiger partial charge < -0.3 is 19.7 Å². The van der Waals surface area contributed by atoms with E-state index in [9.17, 15) is 9.59 Å². The van der Waals surface area contributed by atoms with Crippen molar-refractivity contribution in [2.24, 2.45) is 0 Å². The van der Waals surface area contributed by atoms with Crippen molar-refractivity contribution in [2.45, 2.75) is 19.9 Å². The van der Waals surface area contributed by atoms with Crippen LogP contribution < -0.4 is 14.8 Å². The largest absolute Gasteiger partial charge is 0.495 e. The van der Waals surface area contributed by atoms with Crippen molar-refractivity contribution in [3.8, 4) is 11.5 Å². The molecule has 0 radical (unpaired) electrons. The molecule has 7 heteroatoms. The summed E-state index contributed by atoms with van der Waals surface area (Å²) in [5.74, 6) is 0.101. The van der Waals surface area contributed by atoms with E-state index in [2.05, 4.69) is 5.32 Å². The van der Waals surface area contributed by atoms with Crippen LogP contribution in [0.5, 0.6) is 11.5 Å². The van der Waals surface area contributed by atoms with Gasteiger partial charge in [-0.05, 0) is 12.5 Å². The third-order valence-corrected chi connectivity index (χ3v) is 4.31. The van der Waals surface area contributed by atoms with Gasteiger partial charge in [-0.15, -0.1) is 0 Å². The molecule has 0 unspecified atom stereocenters. The van der Waals surface area contributed by atoms with E-state index in [0.29, 0.717) is 35.3 Å². The summed E-state index contributed by atoms with van der Waals surface area (Å²) >= 11 is 6.06. The highest BCUT2D eigenvalue weighted by atomic mass is 35.5. The monoisotopic (exact) mass is 390 g/mol. The zero-order valence-corrected chi connectivity index (χ0v) is 16.4. The molecule has 0 aliphatic carbocycles. The van der Waals surface area contributed by atoms with Crippen molar-refractivity contribution >= 4 is 29.1 Å². The van der Waals surface area contributed by atoms with Crippen LogP contribution in [0.2, 0.25) is 5.02 Å². The Labute approximate surface area is 164 Å². The summed E-state index contributed by atoms with van der Waals surface area (Å²) in [6, 6.07) is 12.8. The van der Waals surface area contributed by atoms with Crippen LogP contribution in [0.25, 0.3) is 0 Å². The lowest BCUT2D eigenvalue weighted by Crippen LogP contribution is -2.33. The maximum absolute atomic E-state index is 12.5. The fourth-order valence-electron chi connectivity index (χ4n) is 2.58.